The summed E-state index contributed by atoms with van der Waals surface area (Å²) in [5.74, 6) is 1.93. The molecule has 2 aromatic heterocycles. The number of carbonyl (C=O) groups is 1. The summed E-state index contributed by atoms with van der Waals surface area (Å²) < 4.78 is 5.30. The standard InChI is InChI=1S/C12H12N2O2S/c15-10-3-1-8(2-4-10)12-13-11(14-16-12)9-5-6-17-7-9/h5-8H,1-4H2. The van der Waals surface area contributed by atoms with Crippen molar-refractivity contribution in [3.63, 3.8) is 0 Å². The number of Topliss-reactive ketones (excluding diaryl/α,β-unsaturated/α-hetero) is 1. The minimum absolute atomic E-state index is 0.257. The average molecular weight is 248 g/mol. The molecule has 0 unspecified atom stereocenters. The van der Waals surface area contributed by atoms with Crippen molar-refractivity contribution in [2.24, 2.45) is 0 Å². The molecule has 2 heterocycles. The number of ketones is 1. The average Bonchev–Trinajstić information content (AvgIpc) is 3.00. The van der Waals surface area contributed by atoms with Crippen LogP contribution in [0.5, 0.6) is 0 Å². The molecule has 0 bridgehead atoms. The van der Waals surface area contributed by atoms with Gasteiger partial charge in [-0.1, -0.05) is 5.16 Å². The van der Waals surface area contributed by atoms with Gasteiger partial charge in [-0.05, 0) is 24.3 Å². The molecule has 0 aliphatic heterocycles. The van der Waals surface area contributed by atoms with Gasteiger partial charge in [0.15, 0.2) is 0 Å². The molecule has 1 aliphatic rings. The maximum Gasteiger partial charge on any atom is 0.230 e. The molecular formula is C12H12N2O2S. The van der Waals surface area contributed by atoms with Crippen LogP contribution in [0.15, 0.2) is 21.3 Å². The van der Waals surface area contributed by atoms with Crippen LogP contribution in [0.1, 0.15) is 37.5 Å². The fourth-order valence-electron chi connectivity index (χ4n) is 2.10. The number of nitrogens with zero attached hydrogens (tertiary/aromatic N) is 2. The molecular weight excluding hydrogens is 236 g/mol. The number of carbonyl (C=O) groups excluding carboxylic acids is 1. The van der Waals surface area contributed by atoms with Crippen molar-refractivity contribution in [2.75, 3.05) is 0 Å². The molecule has 0 radical (unpaired) electrons. The van der Waals surface area contributed by atoms with Crippen LogP contribution in [-0.4, -0.2) is 15.9 Å². The predicted molar refractivity (Wildman–Crippen MR) is 63.8 cm³/mol. The van der Waals surface area contributed by atoms with Crippen LogP contribution in [0.3, 0.4) is 0 Å². The van der Waals surface area contributed by atoms with Gasteiger partial charge >= 0.3 is 0 Å². The normalized spacial score (nSPS) is 17.5. The summed E-state index contributed by atoms with van der Waals surface area (Å²) in [5.41, 5.74) is 0.997. The minimum Gasteiger partial charge on any atom is -0.339 e. The van der Waals surface area contributed by atoms with Crippen LogP contribution in [0.2, 0.25) is 0 Å². The first-order chi connectivity index (χ1) is 8.33. The molecule has 1 saturated carbocycles. The lowest BCUT2D eigenvalue weighted by molar-refractivity contribution is -0.120. The van der Waals surface area contributed by atoms with Gasteiger partial charge in [0.25, 0.3) is 0 Å². The molecule has 0 saturated heterocycles. The van der Waals surface area contributed by atoms with E-state index in [1.54, 1.807) is 11.3 Å². The van der Waals surface area contributed by atoms with Crippen molar-refractivity contribution >= 4 is 17.1 Å². The van der Waals surface area contributed by atoms with E-state index in [-0.39, 0.29) is 5.92 Å². The zero-order valence-corrected chi connectivity index (χ0v) is 10.1. The Morgan fingerprint density at radius 1 is 1.35 bits per heavy atom. The lowest BCUT2D eigenvalue weighted by Gasteiger charge is -2.16. The lowest BCUT2D eigenvalue weighted by Crippen LogP contribution is -2.12. The van der Waals surface area contributed by atoms with Gasteiger partial charge in [-0.2, -0.15) is 16.3 Å². The van der Waals surface area contributed by atoms with Crippen molar-refractivity contribution in [2.45, 2.75) is 31.6 Å². The highest BCUT2D eigenvalue weighted by Crippen LogP contribution is 2.31. The summed E-state index contributed by atoms with van der Waals surface area (Å²) in [7, 11) is 0. The predicted octanol–water partition coefficient (Wildman–Crippen LogP) is 3.02. The number of rotatable bonds is 2. The molecule has 0 aromatic carbocycles. The summed E-state index contributed by atoms with van der Waals surface area (Å²) in [5, 5.41) is 7.98. The third-order valence-corrected chi connectivity index (χ3v) is 3.80. The van der Waals surface area contributed by atoms with Gasteiger partial charge in [-0.3, -0.25) is 4.79 Å². The van der Waals surface area contributed by atoms with Crippen LogP contribution < -0.4 is 0 Å². The maximum absolute atomic E-state index is 11.2. The van der Waals surface area contributed by atoms with Crippen LogP contribution in [0.4, 0.5) is 0 Å². The van der Waals surface area contributed by atoms with Gasteiger partial charge in [0.05, 0.1) is 0 Å². The first kappa shape index (κ1) is 10.7. The Kier molecular flexibility index (Phi) is 2.76. The van der Waals surface area contributed by atoms with E-state index in [1.807, 2.05) is 16.8 Å². The van der Waals surface area contributed by atoms with Crippen LogP contribution >= 0.6 is 11.3 Å². The minimum atomic E-state index is 0.257. The molecule has 3 rings (SSSR count). The Hall–Kier alpha value is -1.49. The Morgan fingerprint density at radius 2 is 2.18 bits per heavy atom. The maximum atomic E-state index is 11.2. The fourth-order valence-corrected chi connectivity index (χ4v) is 2.73. The fraction of sp³-hybridized carbons (Fsp3) is 0.417. The quantitative estimate of drug-likeness (QED) is 0.819. The van der Waals surface area contributed by atoms with Crippen LogP contribution in [-0.2, 0) is 4.79 Å². The van der Waals surface area contributed by atoms with E-state index in [0.717, 1.165) is 18.4 Å². The zero-order valence-electron chi connectivity index (χ0n) is 9.26. The summed E-state index contributed by atoms with van der Waals surface area (Å²) in [4.78, 5) is 15.6. The third kappa shape index (κ3) is 2.15. The van der Waals surface area contributed by atoms with Crippen LogP contribution in [0, 0.1) is 0 Å². The molecule has 0 spiro atoms. The van der Waals surface area contributed by atoms with Crippen molar-refractivity contribution in [1.29, 1.82) is 0 Å². The lowest BCUT2D eigenvalue weighted by atomic mass is 9.88. The Bertz CT molecular complexity index is 508. The van der Waals surface area contributed by atoms with Gasteiger partial charge in [-0.15, -0.1) is 0 Å². The van der Waals surface area contributed by atoms with E-state index in [2.05, 4.69) is 10.1 Å². The first-order valence-corrected chi connectivity index (χ1v) is 6.65. The highest BCUT2D eigenvalue weighted by Gasteiger charge is 2.25. The largest absolute Gasteiger partial charge is 0.339 e. The molecule has 0 amide bonds. The Morgan fingerprint density at radius 3 is 2.88 bits per heavy atom. The second kappa shape index (κ2) is 4.41. The number of hydrogen-bond donors (Lipinski definition) is 0. The van der Waals surface area contributed by atoms with Gasteiger partial charge < -0.3 is 4.52 Å². The van der Waals surface area contributed by atoms with E-state index < -0.39 is 0 Å². The van der Waals surface area contributed by atoms with E-state index in [9.17, 15) is 4.79 Å². The molecule has 5 heteroatoms. The summed E-state index contributed by atoms with van der Waals surface area (Å²) in [6.07, 6.45) is 2.95. The molecule has 1 aliphatic carbocycles. The van der Waals surface area contributed by atoms with Gasteiger partial charge in [0.2, 0.25) is 11.7 Å². The van der Waals surface area contributed by atoms with E-state index in [0.29, 0.717) is 30.3 Å². The molecule has 0 atom stereocenters. The number of hydrogen-bond acceptors (Lipinski definition) is 5. The van der Waals surface area contributed by atoms with Crippen molar-refractivity contribution in [3.05, 3.63) is 22.7 Å². The molecule has 4 nitrogen and oxygen atoms in total. The monoisotopic (exact) mass is 248 g/mol. The van der Waals surface area contributed by atoms with Crippen molar-refractivity contribution < 1.29 is 9.32 Å². The SMILES string of the molecule is O=C1CCC(c2nc(-c3ccsc3)no2)CC1. The van der Waals surface area contributed by atoms with E-state index in [4.69, 9.17) is 4.52 Å². The highest BCUT2D eigenvalue weighted by molar-refractivity contribution is 7.08. The van der Waals surface area contributed by atoms with Crippen LogP contribution in [0.25, 0.3) is 11.4 Å². The molecule has 1 fully saturated rings. The van der Waals surface area contributed by atoms with Crippen molar-refractivity contribution in [3.8, 4) is 11.4 Å². The van der Waals surface area contributed by atoms with Gasteiger partial charge in [-0.25, -0.2) is 0 Å². The second-order valence-corrected chi connectivity index (χ2v) is 5.06. The third-order valence-electron chi connectivity index (χ3n) is 3.11. The highest BCUT2D eigenvalue weighted by atomic mass is 32.1. The van der Waals surface area contributed by atoms with E-state index >= 15 is 0 Å². The Labute approximate surface area is 103 Å². The summed E-state index contributed by atoms with van der Waals surface area (Å²) in [6, 6.07) is 1.98. The number of thiophene rings is 1. The van der Waals surface area contributed by atoms with E-state index in [1.165, 1.54) is 0 Å². The topological polar surface area (TPSA) is 56.0 Å². The number of aromatic nitrogens is 2. The summed E-state index contributed by atoms with van der Waals surface area (Å²) >= 11 is 1.61. The molecule has 0 N–H and O–H groups in total. The first-order valence-electron chi connectivity index (χ1n) is 5.71. The van der Waals surface area contributed by atoms with Gasteiger partial charge in [0.1, 0.15) is 5.78 Å². The van der Waals surface area contributed by atoms with Gasteiger partial charge in [0, 0.05) is 29.7 Å². The Balaban J connectivity index is 1.79. The smallest absolute Gasteiger partial charge is 0.230 e. The second-order valence-electron chi connectivity index (χ2n) is 4.28. The molecule has 17 heavy (non-hydrogen) atoms. The summed E-state index contributed by atoms with van der Waals surface area (Å²) in [6.45, 7) is 0. The zero-order chi connectivity index (χ0) is 11.7. The molecule has 88 valence electrons. The molecule has 2 aromatic rings. The van der Waals surface area contributed by atoms with Crippen molar-refractivity contribution in [1.82, 2.24) is 10.1 Å².